The lowest BCUT2D eigenvalue weighted by Gasteiger charge is -2.36. The van der Waals surface area contributed by atoms with Crippen LogP contribution in [-0.4, -0.2) is 58.7 Å². The molecule has 0 aliphatic carbocycles. The summed E-state index contributed by atoms with van der Waals surface area (Å²) in [6, 6.07) is 4.09. The number of rotatable bonds is 5. The molecule has 1 aromatic carbocycles. The average molecular weight is 380 g/mol. The number of hydrogen-bond acceptors (Lipinski definition) is 4. The number of carbonyl (C=O) groups excluding carboxylic acids is 1. The van der Waals surface area contributed by atoms with Gasteiger partial charge in [0.15, 0.2) is 0 Å². The van der Waals surface area contributed by atoms with Crippen molar-refractivity contribution in [2.45, 2.75) is 12.6 Å². The van der Waals surface area contributed by atoms with Crippen molar-refractivity contribution in [2.75, 3.05) is 33.2 Å². The van der Waals surface area contributed by atoms with Gasteiger partial charge in [0, 0.05) is 56.6 Å². The molecule has 6 nitrogen and oxygen atoms in total. The topological polar surface area (TPSA) is 53.4 Å². The van der Waals surface area contributed by atoms with Gasteiger partial charge in [-0.25, -0.2) is 4.39 Å². The molecule has 1 saturated heterocycles. The summed E-state index contributed by atoms with van der Waals surface area (Å²) in [6.45, 7) is 3.46. The first-order valence-electron chi connectivity index (χ1n) is 8.59. The second-order valence-corrected chi connectivity index (χ2v) is 6.91. The lowest BCUT2D eigenvalue weighted by molar-refractivity contribution is -0.135. The smallest absolute Gasteiger partial charge is 0.244 e. The summed E-state index contributed by atoms with van der Waals surface area (Å²) in [4.78, 5) is 16.9. The molecular weight excluding hydrogens is 357 g/mol. The van der Waals surface area contributed by atoms with Crippen LogP contribution in [0.25, 0.3) is 0 Å². The minimum absolute atomic E-state index is 0.0555. The number of likely N-dealkylation sites (N-methyl/N-ethyl adjacent to an activating group) is 1. The Balaban J connectivity index is 1.58. The highest BCUT2D eigenvalue weighted by Crippen LogP contribution is 2.21. The first kappa shape index (κ1) is 18.8. The molecular formula is C18H23ClFN5O. The van der Waals surface area contributed by atoms with Crippen LogP contribution in [0.5, 0.6) is 0 Å². The molecule has 2 heterocycles. The largest absolute Gasteiger partial charge is 0.338 e. The van der Waals surface area contributed by atoms with Crippen LogP contribution < -0.4 is 5.32 Å². The first-order valence-corrected chi connectivity index (χ1v) is 8.96. The van der Waals surface area contributed by atoms with Gasteiger partial charge in [-0.1, -0.05) is 17.7 Å². The number of carbonyl (C=O) groups is 1. The lowest BCUT2D eigenvalue weighted by Crippen LogP contribution is -2.51. The van der Waals surface area contributed by atoms with Gasteiger partial charge >= 0.3 is 0 Å². The molecule has 26 heavy (non-hydrogen) atoms. The third-order valence-corrected chi connectivity index (χ3v) is 5.04. The van der Waals surface area contributed by atoms with Gasteiger partial charge in [0.25, 0.3) is 0 Å². The number of benzene rings is 1. The van der Waals surface area contributed by atoms with Gasteiger partial charge in [0.05, 0.1) is 6.20 Å². The van der Waals surface area contributed by atoms with Crippen molar-refractivity contribution in [3.8, 4) is 0 Å². The Bertz CT molecular complexity index is 773. The van der Waals surface area contributed by atoms with Crippen molar-refractivity contribution >= 4 is 17.5 Å². The maximum absolute atomic E-state index is 13.2. The second kappa shape index (κ2) is 8.16. The van der Waals surface area contributed by atoms with Crippen LogP contribution in [0.15, 0.2) is 30.6 Å². The van der Waals surface area contributed by atoms with Gasteiger partial charge in [0.2, 0.25) is 5.91 Å². The van der Waals surface area contributed by atoms with Gasteiger partial charge in [-0.05, 0) is 24.7 Å². The minimum atomic E-state index is -0.387. The van der Waals surface area contributed by atoms with Gasteiger partial charge < -0.3 is 10.2 Å². The van der Waals surface area contributed by atoms with E-state index in [9.17, 15) is 9.18 Å². The van der Waals surface area contributed by atoms with Gasteiger partial charge in [0.1, 0.15) is 11.9 Å². The molecule has 1 fully saturated rings. The van der Waals surface area contributed by atoms with E-state index in [1.165, 1.54) is 12.1 Å². The number of piperazine rings is 1. The predicted octanol–water partition coefficient (Wildman–Crippen LogP) is 1.82. The summed E-state index contributed by atoms with van der Waals surface area (Å²) in [7, 11) is 3.61. The zero-order valence-electron chi connectivity index (χ0n) is 15.0. The van der Waals surface area contributed by atoms with Crippen LogP contribution in [0.1, 0.15) is 17.2 Å². The third-order valence-electron chi connectivity index (χ3n) is 4.69. The fourth-order valence-corrected chi connectivity index (χ4v) is 3.45. The Morgan fingerprint density at radius 2 is 2.08 bits per heavy atom. The summed E-state index contributed by atoms with van der Waals surface area (Å²) >= 11 is 6.11. The number of aromatic nitrogens is 2. The van der Waals surface area contributed by atoms with E-state index in [1.807, 2.05) is 18.1 Å². The summed E-state index contributed by atoms with van der Waals surface area (Å²) in [5.74, 6) is -0.275. The fourth-order valence-electron chi connectivity index (χ4n) is 3.22. The van der Waals surface area contributed by atoms with Crippen LogP contribution >= 0.6 is 11.6 Å². The Morgan fingerprint density at radius 1 is 1.35 bits per heavy atom. The number of hydrogen-bond donors (Lipinski definition) is 1. The SMILES string of the molecule is CNC(C(=O)N1CCN(Cc2ccc(F)cc2Cl)CC1)c1cnn(C)c1. The van der Waals surface area contributed by atoms with Crippen molar-refractivity contribution in [3.05, 3.63) is 52.6 Å². The predicted molar refractivity (Wildman–Crippen MR) is 98.3 cm³/mol. The molecule has 1 amide bonds. The minimum Gasteiger partial charge on any atom is -0.338 e. The monoisotopic (exact) mass is 379 g/mol. The molecule has 0 saturated carbocycles. The highest BCUT2D eigenvalue weighted by molar-refractivity contribution is 6.31. The Labute approximate surface area is 157 Å². The van der Waals surface area contributed by atoms with E-state index in [0.29, 0.717) is 24.7 Å². The van der Waals surface area contributed by atoms with E-state index in [1.54, 1.807) is 24.0 Å². The number of nitrogens with one attached hydrogen (secondary N) is 1. The molecule has 1 N–H and O–H groups in total. The maximum atomic E-state index is 13.2. The van der Waals surface area contributed by atoms with Crippen molar-refractivity contribution in [3.63, 3.8) is 0 Å². The van der Waals surface area contributed by atoms with Crippen LogP contribution in [0, 0.1) is 5.82 Å². The average Bonchev–Trinajstić information content (AvgIpc) is 3.04. The Kier molecular flexibility index (Phi) is 5.90. The summed E-state index contributed by atoms with van der Waals surface area (Å²) < 4.78 is 14.9. The highest BCUT2D eigenvalue weighted by atomic mass is 35.5. The fraction of sp³-hybridized carbons (Fsp3) is 0.444. The molecule has 2 aromatic rings. The number of nitrogens with zero attached hydrogens (tertiary/aromatic N) is 4. The zero-order chi connectivity index (χ0) is 18.7. The first-order chi connectivity index (χ1) is 12.5. The van der Waals surface area contributed by atoms with Gasteiger partial charge in [-0.2, -0.15) is 5.10 Å². The molecule has 1 atom stereocenters. The molecule has 1 aliphatic rings. The van der Waals surface area contributed by atoms with E-state index in [2.05, 4.69) is 15.3 Å². The second-order valence-electron chi connectivity index (χ2n) is 6.51. The van der Waals surface area contributed by atoms with Gasteiger partial charge in [-0.15, -0.1) is 0 Å². The highest BCUT2D eigenvalue weighted by Gasteiger charge is 2.28. The number of aryl methyl sites for hydroxylation is 1. The summed E-state index contributed by atoms with van der Waals surface area (Å²) in [6.07, 6.45) is 3.57. The number of halogens is 2. The van der Waals surface area contributed by atoms with Crippen molar-refractivity contribution in [1.29, 1.82) is 0 Å². The molecule has 3 rings (SSSR count). The van der Waals surface area contributed by atoms with Crippen LogP contribution in [0.3, 0.4) is 0 Å². The van der Waals surface area contributed by atoms with E-state index >= 15 is 0 Å². The van der Waals surface area contributed by atoms with Crippen LogP contribution in [0.4, 0.5) is 4.39 Å². The normalized spacial score (nSPS) is 16.7. The molecule has 1 aliphatic heterocycles. The van der Waals surface area contributed by atoms with Crippen LogP contribution in [-0.2, 0) is 18.4 Å². The van der Waals surface area contributed by atoms with Crippen molar-refractivity contribution in [1.82, 2.24) is 24.9 Å². The zero-order valence-corrected chi connectivity index (χ0v) is 15.7. The summed E-state index contributed by atoms with van der Waals surface area (Å²) in [5, 5.41) is 7.67. The number of amides is 1. The Morgan fingerprint density at radius 3 is 2.65 bits per heavy atom. The Hall–Kier alpha value is -1.96. The molecule has 0 spiro atoms. The lowest BCUT2D eigenvalue weighted by atomic mass is 10.1. The molecule has 1 aromatic heterocycles. The molecule has 8 heteroatoms. The van der Waals surface area contributed by atoms with Crippen molar-refractivity contribution in [2.24, 2.45) is 7.05 Å². The molecule has 0 bridgehead atoms. The molecule has 1 unspecified atom stereocenters. The summed E-state index contributed by atoms with van der Waals surface area (Å²) in [5.41, 5.74) is 1.76. The van der Waals surface area contributed by atoms with Gasteiger partial charge in [-0.3, -0.25) is 14.4 Å². The van der Waals surface area contributed by atoms with Crippen molar-refractivity contribution < 1.29 is 9.18 Å². The van der Waals surface area contributed by atoms with Crippen LogP contribution in [0.2, 0.25) is 5.02 Å². The quantitative estimate of drug-likeness (QED) is 0.861. The van der Waals surface area contributed by atoms with E-state index in [-0.39, 0.29) is 17.8 Å². The van der Waals surface area contributed by atoms with E-state index in [0.717, 1.165) is 24.2 Å². The third kappa shape index (κ3) is 4.23. The maximum Gasteiger partial charge on any atom is 0.244 e. The van der Waals surface area contributed by atoms with E-state index in [4.69, 9.17) is 11.6 Å². The standard InChI is InChI=1S/C18H23ClFN5O/c1-21-17(14-10-22-23(2)11-14)18(26)25-7-5-24(6-8-25)12-13-3-4-15(20)9-16(13)19/h3-4,9-11,17,21H,5-8,12H2,1-2H3. The van der Waals surface area contributed by atoms with E-state index < -0.39 is 0 Å². The molecule has 140 valence electrons. The molecule has 0 radical (unpaired) electrons.